The van der Waals surface area contributed by atoms with Gasteiger partial charge in [0.25, 0.3) is 5.16 Å². The van der Waals surface area contributed by atoms with E-state index in [0.717, 1.165) is 0 Å². The predicted molar refractivity (Wildman–Crippen MR) is 144 cm³/mol. The van der Waals surface area contributed by atoms with Gasteiger partial charge in [-0.15, -0.1) is 0 Å². The van der Waals surface area contributed by atoms with Gasteiger partial charge in [-0.1, -0.05) is 54.6 Å². The molecule has 1 aromatic heterocycles. The molecule has 0 aliphatic carbocycles. The zero-order valence-corrected chi connectivity index (χ0v) is 22.6. The summed E-state index contributed by atoms with van der Waals surface area (Å²) in [7, 11) is -4.60. The maximum Gasteiger partial charge on any atom is 0.340 e. The van der Waals surface area contributed by atoms with Crippen molar-refractivity contribution >= 4 is 28.0 Å². The van der Waals surface area contributed by atoms with E-state index < -0.39 is 64.4 Å². The van der Waals surface area contributed by atoms with Crippen LogP contribution in [-0.4, -0.2) is 67.5 Å². The SMILES string of the molecule is O=C(OC[C@@H]1O[C@@H](OC(=O)c2ccccc2)[C@@H](OS(=O)(=O)c2ncc[nH]2)[C@H]1OC(=O)c1ccccc1)c1ccccc1. The maximum atomic E-state index is 13.1. The van der Waals surface area contributed by atoms with Crippen molar-refractivity contribution < 1.29 is 45.9 Å². The zero-order valence-electron chi connectivity index (χ0n) is 21.8. The minimum absolute atomic E-state index is 0.144. The first kappa shape index (κ1) is 28.7. The summed E-state index contributed by atoms with van der Waals surface area (Å²) in [5.41, 5.74) is 0.536. The van der Waals surface area contributed by atoms with Crippen LogP contribution >= 0.6 is 0 Å². The number of nitrogens with zero attached hydrogens (tertiary/aromatic N) is 1. The minimum atomic E-state index is -4.60. The highest BCUT2D eigenvalue weighted by atomic mass is 32.2. The molecule has 216 valence electrons. The Kier molecular flexibility index (Phi) is 8.71. The first-order valence-electron chi connectivity index (χ1n) is 12.6. The molecule has 0 spiro atoms. The van der Waals surface area contributed by atoms with Crippen LogP contribution in [0.2, 0.25) is 0 Å². The van der Waals surface area contributed by atoms with Gasteiger partial charge in [0, 0.05) is 12.4 Å². The standard InChI is InChI=1S/C29H24N2O10S/c32-25(19-10-4-1-5-11-19)37-18-22-23(39-26(33)20-12-6-2-7-13-20)24(41-42(35,36)29-30-16-17-31-29)28(38-22)40-27(34)21-14-8-3-9-15-21/h1-17,22-24,28H,18H2,(H,30,31)/t22-,23-,24-,28-/m0/s1. The summed E-state index contributed by atoms with van der Waals surface area (Å²) in [6.45, 7) is -0.499. The van der Waals surface area contributed by atoms with Crippen LogP contribution in [0.4, 0.5) is 0 Å². The third kappa shape index (κ3) is 6.71. The van der Waals surface area contributed by atoms with Gasteiger partial charge in [-0.25, -0.2) is 23.6 Å². The number of benzene rings is 3. The van der Waals surface area contributed by atoms with Crippen molar-refractivity contribution in [2.75, 3.05) is 6.61 Å². The Morgan fingerprint density at radius 3 is 1.79 bits per heavy atom. The van der Waals surface area contributed by atoms with Gasteiger partial charge in [-0.2, -0.15) is 8.42 Å². The highest BCUT2D eigenvalue weighted by Gasteiger charge is 2.53. The zero-order chi connectivity index (χ0) is 29.5. The van der Waals surface area contributed by atoms with E-state index >= 15 is 0 Å². The molecule has 4 atom stereocenters. The van der Waals surface area contributed by atoms with Crippen molar-refractivity contribution in [3.8, 4) is 0 Å². The van der Waals surface area contributed by atoms with E-state index in [4.69, 9.17) is 23.1 Å². The Morgan fingerprint density at radius 2 is 1.26 bits per heavy atom. The Labute approximate surface area is 240 Å². The predicted octanol–water partition coefficient (Wildman–Crippen LogP) is 3.15. The van der Waals surface area contributed by atoms with Crippen LogP contribution < -0.4 is 0 Å². The lowest BCUT2D eigenvalue weighted by Crippen LogP contribution is -2.43. The molecule has 2 heterocycles. The molecule has 4 aromatic rings. The number of hydrogen-bond acceptors (Lipinski definition) is 11. The molecule has 1 fully saturated rings. The molecule has 1 saturated heterocycles. The minimum Gasteiger partial charge on any atom is -0.459 e. The highest BCUT2D eigenvalue weighted by molar-refractivity contribution is 7.86. The number of aromatic amines is 1. The molecule has 0 unspecified atom stereocenters. The summed E-state index contributed by atoms with van der Waals surface area (Å²) >= 11 is 0. The number of hydrogen-bond donors (Lipinski definition) is 1. The van der Waals surface area contributed by atoms with E-state index in [1.807, 2.05) is 0 Å². The van der Waals surface area contributed by atoms with Crippen molar-refractivity contribution in [2.24, 2.45) is 0 Å². The first-order chi connectivity index (χ1) is 20.3. The summed E-state index contributed by atoms with van der Waals surface area (Å²) in [5.74, 6) is -2.42. The number of carbonyl (C=O) groups is 3. The molecular formula is C29H24N2O10S. The summed E-state index contributed by atoms with van der Waals surface area (Å²) in [5, 5.41) is -0.539. The Balaban J connectivity index is 1.46. The molecule has 5 rings (SSSR count). The van der Waals surface area contributed by atoms with Gasteiger partial charge < -0.3 is 23.9 Å². The number of nitrogens with one attached hydrogen (secondary N) is 1. The summed E-state index contributed by atoms with van der Waals surface area (Å²) in [6.07, 6.45) is -3.74. The average Bonchev–Trinajstić information content (AvgIpc) is 3.67. The Bertz CT molecular complexity index is 1610. The van der Waals surface area contributed by atoms with E-state index in [-0.39, 0.29) is 16.7 Å². The number of imidazole rings is 1. The van der Waals surface area contributed by atoms with E-state index in [1.54, 1.807) is 54.6 Å². The number of aromatic nitrogens is 2. The van der Waals surface area contributed by atoms with Crippen molar-refractivity contribution in [3.63, 3.8) is 0 Å². The lowest BCUT2D eigenvalue weighted by atomic mass is 10.1. The van der Waals surface area contributed by atoms with E-state index in [0.29, 0.717) is 0 Å². The Hall–Kier alpha value is -4.85. The van der Waals surface area contributed by atoms with Crippen molar-refractivity contribution in [1.82, 2.24) is 9.97 Å². The summed E-state index contributed by atoms with van der Waals surface area (Å²) < 4.78 is 54.0. The maximum absolute atomic E-state index is 13.1. The molecule has 0 amide bonds. The fourth-order valence-corrected chi connectivity index (χ4v) is 5.06. The average molecular weight is 593 g/mol. The van der Waals surface area contributed by atoms with Gasteiger partial charge in [0.15, 0.2) is 12.2 Å². The van der Waals surface area contributed by atoms with Crippen molar-refractivity contribution in [1.29, 1.82) is 0 Å². The number of esters is 3. The van der Waals surface area contributed by atoms with Crippen LogP contribution in [0.5, 0.6) is 0 Å². The van der Waals surface area contributed by atoms with Gasteiger partial charge in [0.05, 0.1) is 16.7 Å². The molecule has 12 nitrogen and oxygen atoms in total. The van der Waals surface area contributed by atoms with Gasteiger partial charge in [0.2, 0.25) is 6.29 Å². The molecule has 42 heavy (non-hydrogen) atoms. The van der Waals surface area contributed by atoms with Crippen LogP contribution in [0, 0.1) is 0 Å². The van der Waals surface area contributed by atoms with Gasteiger partial charge in [-0.05, 0) is 36.4 Å². The van der Waals surface area contributed by atoms with E-state index in [2.05, 4.69) is 9.97 Å². The second kappa shape index (κ2) is 12.8. The fourth-order valence-electron chi connectivity index (χ4n) is 4.07. The molecule has 0 radical (unpaired) electrons. The summed E-state index contributed by atoms with van der Waals surface area (Å²) in [6, 6.07) is 23.9. The third-order valence-corrected chi connectivity index (χ3v) is 7.26. The normalized spacial score (nSPS) is 20.0. The molecular weight excluding hydrogens is 568 g/mol. The molecule has 13 heteroatoms. The van der Waals surface area contributed by atoms with Crippen molar-refractivity contribution in [2.45, 2.75) is 29.8 Å². The van der Waals surface area contributed by atoms with Crippen LogP contribution in [0.1, 0.15) is 31.1 Å². The smallest absolute Gasteiger partial charge is 0.340 e. The molecule has 0 saturated carbocycles. The third-order valence-electron chi connectivity index (χ3n) is 6.09. The Morgan fingerprint density at radius 1 is 0.738 bits per heavy atom. The number of carbonyl (C=O) groups excluding carboxylic acids is 3. The fraction of sp³-hybridized carbons (Fsp3) is 0.172. The summed E-state index contributed by atoms with van der Waals surface area (Å²) in [4.78, 5) is 44.8. The molecule has 1 N–H and O–H groups in total. The van der Waals surface area contributed by atoms with Gasteiger partial charge in [0.1, 0.15) is 12.7 Å². The molecule has 3 aromatic carbocycles. The highest BCUT2D eigenvalue weighted by Crippen LogP contribution is 2.32. The second-order valence-electron chi connectivity index (χ2n) is 8.92. The molecule has 1 aliphatic heterocycles. The largest absolute Gasteiger partial charge is 0.459 e. The molecule has 0 bridgehead atoms. The number of H-pyrrole nitrogens is 1. The first-order valence-corrected chi connectivity index (χ1v) is 14.0. The van der Waals surface area contributed by atoms with Crippen LogP contribution in [0.15, 0.2) is 109 Å². The van der Waals surface area contributed by atoms with Gasteiger partial charge in [-0.3, -0.25) is 0 Å². The van der Waals surface area contributed by atoms with Crippen LogP contribution in [0.3, 0.4) is 0 Å². The van der Waals surface area contributed by atoms with E-state index in [1.165, 1.54) is 48.8 Å². The lowest BCUT2D eigenvalue weighted by molar-refractivity contribution is -0.135. The number of ether oxygens (including phenoxy) is 4. The number of rotatable bonds is 10. The van der Waals surface area contributed by atoms with Crippen molar-refractivity contribution in [3.05, 3.63) is 120 Å². The quantitative estimate of drug-likeness (QED) is 0.164. The van der Waals surface area contributed by atoms with Crippen LogP contribution in [-0.2, 0) is 33.2 Å². The molecule has 1 aliphatic rings. The lowest BCUT2D eigenvalue weighted by Gasteiger charge is -2.23. The topological polar surface area (TPSA) is 160 Å². The second-order valence-corrected chi connectivity index (χ2v) is 10.4. The van der Waals surface area contributed by atoms with E-state index in [9.17, 15) is 22.8 Å². The monoisotopic (exact) mass is 592 g/mol. The van der Waals surface area contributed by atoms with Crippen LogP contribution in [0.25, 0.3) is 0 Å². The van der Waals surface area contributed by atoms with Gasteiger partial charge >= 0.3 is 28.0 Å².